The molecule has 3 heterocycles. The zero-order valence-corrected chi connectivity index (χ0v) is 21.8. The van der Waals surface area contributed by atoms with Crippen LogP contribution in [-0.4, -0.2) is 98.6 Å². The van der Waals surface area contributed by atoms with Crippen LogP contribution in [0, 0.1) is 0 Å². The summed E-state index contributed by atoms with van der Waals surface area (Å²) in [5, 5.41) is 16.2. The first kappa shape index (κ1) is 26.2. The van der Waals surface area contributed by atoms with Crippen molar-refractivity contribution in [1.29, 1.82) is 0 Å². The van der Waals surface area contributed by atoms with Crippen LogP contribution >= 0.6 is 0 Å². The second-order valence-corrected chi connectivity index (χ2v) is 9.26. The van der Waals surface area contributed by atoms with Gasteiger partial charge in [0, 0.05) is 57.9 Å². The molecule has 0 saturated carbocycles. The van der Waals surface area contributed by atoms with Crippen molar-refractivity contribution in [3.05, 3.63) is 60.7 Å². The fraction of sp³-hybridized carbons (Fsp3) is 0.429. The van der Waals surface area contributed by atoms with Crippen LogP contribution in [-0.2, 0) is 9.47 Å². The predicted octanol–water partition coefficient (Wildman–Crippen LogP) is 4.05. The first-order valence-corrected chi connectivity index (χ1v) is 13.4. The summed E-state index contributed by atoms with van der Waals surface area (Å²) in [6, 6.07) is 19.8. The van der Waals surface area contributed by atoms with Gasteiger partial charge >= 0.3 is 0 Å². The van der Waals surface area contributed by atoms with Crippen LogP contribution in [0.2, 0.25) is 0 Å². The molecule has 2 aliphatic rings. The number of hydrogen-bond acceptors (Lipinski definition) is 10. The number of aromatic nitrogens is 2. The molecule has 2 aromatic carbocycles. The average Bonchev–Trinajstić information content (AvgIpc) is 2.98. The number of morpholine rings is 2. The van der Waals surface area contributed by atoms with E-state index in [0.717, 1.165) is 90.0 Å². The van der Waals surface area contributed by atoms with Gasteiger partial charge in [0.15, 0.2) is 23.1 Å². The molecule has 2 aliphatic heterocycles. The molecule has 0 unspecified atom stereocenters. The second-order valence-electron chi connectivity index (χ2n) is 9.26. The van der Waals surface area contributed by atoms with Crippen LogP contribution in [0.3, 0.4) is 0 Å². The Balaban J connectivity index is 1.42. The third-order valence-corrected chi connectivity index (χ3v) is 6.59. The van der Waals surface area contributed by atoms with Crippen LogP contribution in [0.5, 0.6) is 0 Å². The summed E-state index contributed by atoms with van der Waals surface area (Å²) in [5.41, 5.74) is 2.34. The third-order valence-electron chi connectivity index (χ3n) is 6.59. The molecular formula is C28H36N8O2. The number of ether oxygens (including phenoxy) is 2. The summed E-state index contributed by atoms with van der Waals surface area (Å²) in [6.07, 6.45) is 0. The topological polar surface area (TPSA) is 99.5 Å². The van der Waals surface area contributed by atoms with Gasteiger partial charge in [-0.3, -0.25) is 9.80 Å². The molecule has 10 heteroatoms. The van der Waals surface area contributed by atoms with E-state index in [0.29, 0.717) is 23.1 Å². The largest absolute Gasteiger partial charge is 0.379 e. The molecule has 2 saturated heterocycles. The van der Waals surface area contributed by atoms with Gasteiger partial charge in [-0.2, -0.15) is 5.11 Å². The number of benzene rings is 2. The molecular weight excluding hydrogens is 480 g/mol. The number of nitrogens with one attached hydrogen (secondary N) is 2. The van der Waals surface area contributed by atoms with E-state index >= 15 is 0 Å². The molecule has 2 N–H and O–H groups in total. The molecule has 0 radical (unpaired) electrons. The van der Waals surface area contributed by atoms with Gasteiger partial charge in [-0.05, 0) is 12.1 Å². The zero-order chi connectivity index (χ0) is 25.8. The van der Waals surface area contributed by atoms with Crippen LogP contribution in [0.15, 0.2) is 70.9 Å². The monoisotopic (exact) mass is 516 g/mol. The summed E-state index contributed by atoms with van der Waals surface area (Å²) in [4.78, 5) is 14.6. The minimum atomic E-state index is 0.609. The molecule has 0 aliphatic carbocycles. The maximum absolute atomic E-state index is 5.49. The van der Waals surface area contributed by atoms with Gasteiger partial charge in [-0.15, -0.1) is 5.11 Å². The van der Waals surface area contributed by atoms with Crippen molar-refractivity contribution in [1.82, 2.24) is 19.8 Å². The van der Waals surface area contributed by atoms with Crippen molar-refractivity contribution >= 4 is 23.0 Å². The van der Waals surface area contributed by atoms with Crippen LogP contribution in [0.1, 0.15) is 0 Å². The highest BCUT2D eigenvalue weighted by atomic mass is 16.5. The summed E-state index contributed by atoms with van der Waals surface area (Å²) >= 11 is 0. The Morgan fingerprint density at radius 2 is 1.16 bits per heavy atom. The van der Waals surface area contributed by atoms with Gasteiger partial charge < -0.3 is 20.1 Å². The minimum Gasteiger partial charge on any atom is -0.379 e. The average molecular weight is 517 g/mol. The van der Waals surface area contributed by atoms with Crippen molar-refractivity contribution in [2.45, 2.75) is 0 Å². The van der Waals surface area contributed by atoms with E-state index in [1.54, 1.807) is 0 Å². The van der Waals surface area contributed by atoms with Crippen LogP contribution < -0.4 is 10.6 Å². The molecule has 200 valence electrons. The molecule has 5 rings (SSSR count). The summed E-state index contributed by atoms with van der Waals surface area (Å²) in [7, 11) is 0. The number of rotatable bonds is 11. The Kier molecular flexibility index (Phi) is 9.59. The highest BCUT2D eigenvalue weighted by Gasteiger charge is 2.18. The highest BCUT2D eigenvalue weighted by Crippen LogP contribution is 2.34. The lowest BCUT2D eigenvalue weighted by Crippen LogP contribution is -2.39. The molecule has 10 nitrogen and oxygen atoms in total. The fourth-order valence-corrected chi connectivity index (χ4v) is 4.43. The van der Waals surface area contributed by atoms with E-state index in [9.17, 15) is 0 Å². The van der Waals surface area contributed by atoms with Gasteiger partial charge in [0.25, 0.3) is 0 Å². The minimum absolute atomic E-state index is 0.609. The smallest absolute Gasteiger partial charge is 0.170 e. The normalized spacial score (nSPS) is 17.1. The molecule has 3 aromatic rings. The SMILES string of the molecule is c1ccc(/N=N/c2c(NCCN3CCOCC3)nc(-c3ccccc3)nc2NCCN2CCOCC2)cc1. The van der Waals surface area contributed by atoms with Gasteiger partial charge in [-0.25, -0.2) is 9.97 Å². The first-order valence-electron chi connectivity index (χ1n) is 13.4. The van der Waals surface area contributed by atoms with E-state index in [1.165, 1.54) is 0 Å². The Labute approximate surface area is 224 Å². The van der Waals surface area contributed by atoms with Crippen molar-refractivity contribution in [2.24, 2.45) is 10.2 Å². The Bertz CT molecular complexity index is 1110. The molecule has 0 spiro atoms. The summed E-state index contributed by atoms with van der Waals surface area (Å²) < 4.78 is 11.0. The number of hydrogen-bond donors (Lipinski definition) is 2. The zero-order valence-electron chi connectivity index (χ0n) is 21.8. The van der Waals surface area contributed by atoms with E-state index in [4.69, 9.17) is 19.4 Å². The second kappa shape index (κ2) is 13.9. The predicted molar refractivity (Wildman–Crippen MR) is 150 cm³/mol. The van der Waals surface area contributed by atoms with E-state index in [2.05, 4.69) is 30.7 Å². The van der Waals surface area contributed by atoms with Gasteiger partial charge in [-0.1, -0.05) is 48.5 Å². The van der Waals surface area contributed by atoms with E-state index < -0.39 is 0 Å². The summed E-state index contributed by atoms with van der Waals surface area (Å²) in [6.45, 7) is 10.1. The van der Waals surface area contributed by atoms with Crippen molar-refractivity contribution in [3.63, 3.8) is 0 Å². The first-order chi connectivity index (χ1) is 18.8. The Morgan fingerprint density at radius 3 is 1.68 bits per heavy atom. The van der Waals surface area contributed by atoms with Crippen molar-refractivity contribution in [2.75, 3.05) is 89.4 Å². The Hall–Kier alpha value is -3.44. The highest BCUT2D eigenvalue weighted by molar-refractivity contribution is 5.77. The molecule has 0 atom stereocenters. The van der Waals surface area contributed by atoms with Crippen molar-refractivity contribution in [3.8, 4) is 11.4 Å². The number of anilines is 2. The maximum Gasteiger partial charge on any atom is 0.170 e. The van der Waals surface area contributed by atoms with E-state index in [-0.39, 0.29) is 0 Å². The standard InChI is InChI=1S/C28H36N8O2/c1-3-7-23(8-4-1)26-31-27(29-11-13-35-15-19-37-20-16-35)25(34-33-24-9-5-2-6-10-24)28(32-26)30-12-14-36-17-21-38-22-18-36/h1-10H,11-22H2,(H2,29,30,31,32)/b34-33+. The van der Waals surface area contributed by atoms with Gasteiger partial charge in [0.1, 0.15) is 0 Å². The van der Waals surface area contributed by atoms with E-state index in [1.807, 2.05) is 60.7 Å². The number of azo groups is 1. The van der Waals surface area contributed by atoms with Crippen LogP contribution in [0.4, 0.5) is 23.0 Å². The molecule has 38 heavy (non-hydrogen) atoms. The lowest BCUT2D eigenvalue weighted by Gasteiger charge is -2.27. The lowest BCUT2D eigenvalue weighted by atomic mass is 10.2. The van der Waals surface area contributed by atoms with Crippen LogP contribution in [0.25, 0.3) is 11.4 Å². The van der Waals surface area contributed by atoms with Crippen molar-refractivity contribution < 1.29 is 9.47 Å². The number of nitrogens with zero attached hydrogens (tertiary/aromatic N) is 6. The Morgan fingerprint density at radius 1 is 0.658 bits per heavy atom. The molecule has 0 bridgehead atoms. The fourth-order valence-electron chi connectivity index (χ4n) is 4.43. The van der Waals surface area contributed by atoms with Gasteiger partial charge in [0.2, 0.25) is 0 Å². The molecule has 2 fully saturated rings. The molecule has 0 amide bonds. The summed E-state index contributed by atoms with van der Waals surface area (Å²) in [5.74, 6) is 1.98. The maximum atomic E-state index is 5.49. The van der Waals surface area contributed by atoms with Gasteiger partial charge in [0.05, 0.1) is 32.1 Å². The molecule has 1 aromatic heterocycles. The lowest BCUT2D eigenvalue weighted by molar-refractivity contribution is 0.0398. The third kappa shape index (κ3) is 7.55. The quantitative estimate of drug-likeness (QED) is 0.368.